The van der Waals surface area contributed by atoms with Crippen molar-refractivity contribution >= 4 is 0 Å². The van der Waals surface area contributed by atoms with E-state index in [2.05, 4.69) is 29.6 Å². The zero-order chi connectivity index (χ0) is 8.69. The van der Waals surface area contributed by atoms with Crippen LogP contribution in [-0.2, 0) is 0 Å². The van der Waals surface area contributed by atoms with Crippen LogP contribution in [0.3, 0.4) is 0 Å². The van der Waals surface area contributed by atoms with Gasteiger partial charge in [0.2, 0.25) is 0 Å². The first-order valence-corrected chi connectivity index (χ1v) is 4.17. The van der Waals surface area contributed by atoms with Gasteiger partial charge < -0.3 is 15.5 Å². The number of hydrogen-bond acceptors (Lipinski definition) is 3. The fraction of sp³-hybridized carbons (Fsp3) is 1.00. The Morgan fingerprint density at radius 2 is 1.91 bits per heavy atom. The van der Waals surface area contributed by atoms with Gasteiger partial charge in [0.05, 0.1) is 0 Å². The fourth-order valence-electron chi connectivity index (χ4n) is 1.01. The van der Waals surface area contributed by atoms with E-state index >= 15 is 0 Å². The molecular formula is C8H21N3. The van der Waals surface area contributed by atoms with E-state index in [9.17, 15) is 0 Å². The maximum Gasteiger partial charge on any atom is 0.0201 e. The first-order chi connectivity index (χ1) is 5.20. The molecule has 0 aromatic carbocycles. The molecule has 3 heteroatoms. The summed E-state index contributed by atoms with van der Waals surface area (Å²) < 4.78 is 0. The summed E-state index contributed by atoms with van der Waals surface area (Å²) >= 11 is 0. The van der Waals surface area contributed by atoms with Gasteiger partial charge in [0, 0.05) is 12.6 Å². The number of nitrogens with zero attached hydrogens (tertiary/aromatic N) is 1. The van der Waals surface area contributed by atoms with Crippen LogP contribution in [0.1, 0.15) is 6.42 Å². The Hall–Kier alpha value is -0.120. The van der Waals surface area contributed by atoms with E-state index in [4.69, 9.17) is 0 Å². The molecule has 0 saturated heterocycles. The lowest BCUT2D eigenvalue weighted by atomic mass is 10.2. The minimum absolute atomic E-state index is 0.599. The van der Waals surface area contributed by atoms with Crippen LogP contribution in [0.25, 0.3) is 0 Å². The van der Waals surface area contributed by atoms with Crippen LogP contribution >= 0.6 is 0 Å². The molecule has 0 aromatic heterocycles. The largest absolute Gasteiger partial charge is 0.318 e. The molecule has 0 fully saturated rings. The summed E-state index contributed by atoms with van der Waals surface area (Å²) in [4.78, 5) is 2.21. The fourth-order valence-corrected chi connectivity index (χ4v) is 1.01. The first-order valence-electron chi connectivity index (χ1n) is 4.17. The summed E-state index contributed by atoms with van der Waals surface area (Å²) in [6.07, 6.45) is 1.20. The highest BCUT2D eigenvalue weighted by molar-refractivity contribution is 4.67. The lowest BCUT2D eigenvalue weighted by molar-refractivity contribution is 0.361. The summed E-state index contributed by atoms with van der Waals surface area (Å²) in [5, 5.41) is 6.43. The standard InChI is InChI=1S/C8H21N3/c1-9-7-8(10-2)5-6-11(3)4/h8-10H,5-7H2,1-4H3. The third kappa shape index (κ3) is 6.28. The molecule has 2 N–H and O–H groups in total. The van der Waals surface area contributed by atoms with Crippen LogP contribution in [0.5, 0.6) is 0 Å². The van der Waals surface area contributed by atoms with Gasteiger partial charge in [0.15, 0.2) is 0 Å². The zero-order valence-corrected chi connectivity index (χ0v) is 8.15. The van der Waals surface area contributed by atoms with E-state index in [1.807, 2.05) is 14.1 Å². The monoisotopic (exact) mass is 159 g/mol. The van der Waals surface area contributed by atoms with E-state index in [1.54, 1.807) is 0 Å². The zero-order valence-electron chi connectivity index (χ0n) is 8.15. The molecule has 0 aliphatic heterocycles. The van der Waals surface area contributed by atoms with Crippen molar-refractivity contribution in [1.82, 2.24) is 15.5 Å². The summed E-state index contributed by atoms with van der Waals surface area (Å²) in [7, 11) is 8.20. The third-order valence-electron chi connectivity index (χ3n) is 1.78. The summed E-state index contributed by atoms with van der Waals surface area (Å²) in [6.45, 7) is 2.19. The van der Waals surface area contributed by atoms with Crippen molar-refractivity contribution in [1.29, 1.82) is 0 Å². The SMILES string of the molecule is CNCC(CCN(C)C)NC. The van der Waals surface area contributed by atoms with Gasteiger partial charge in [-0.1, -0.05) is 0 Å². The van der Waals surface area contributed by atoms with Crippen molar-refractivity contribution in [3.05, 3.63) is 0 Å². The Bertz CT molecular complexity index is 83.4. The molecular weight excluding hydrogens is 138 g/mol. The van der Waals surface area contributed by atoms with E-state index < -0.39 is 0 Å². The number of rotatable bonds is 6. The maximum atomic E-state index is 3.27. The van der Waals surface area contributed by atoms with Gasteiger partial charge in [-0.2, -0.15) is 0 Å². The molecule has 0 aliphatic carbocycles. The van der Waals surface area contributed by atoms with Crippen molar-refractivity contribution < 1.29 is 0 Å². The van der Waals surface area contributed by atoms with Crippen LogP contribution in [0.4, 0.5) is 0 Å². The van der Waals surface area contributed by atoms with E-state index in [-0.39, 0.29) is 0 Å². The number of likely N-dealkylation sites (N-methyl/N-ethyl adjacent to an activating group) is 2. The van der Waals surface area contributed by atoms with Crippen molar-refractivity contribution in [2.75, 3.05) is 41.3 Å². The maximum absolute atomic E-state index is 3.27. The predicted octanol–water partition coefficient (Wildman–Crippen LogP) is -0.254. The average Bonchev–Trinajstić information content (AvgIpc) is 1.97. The number of hydrogen-bond donors (Lipinski definition) is 2. The highest BCUT2D eigenvalue weighted by Gasteiger charge is 2.03. The minimum atomic E-state index is 0.599. The Labute approximate surface area is 70.2 Å². The Kier molecular flexibility index (Phi) is 6.51. The lowest BCUT2D eigenvalue weighted by Gasteiger charge is -2.17. The smallest absolute Gasteiger partial charge is 0.0201 e. The quantitative estimate of drug-likeness (QED) is 0.559. The van der Waals surface area contributed by atoms with Gasteiger partial charge >= 0.3 is 0 Å². The van der Waals surface area contributed by atoms with Gasteiger partial charge in [0.25, 0.3) is 0 Å². The van der Waals surface area contributed by atoms with Crippen molar-refractivity contribution in [2.24, 2.45) is 0 Å². The molecule has 1 atom stereocenters. The van der Waals surface area contributed by atoms with Gasteiger partial charge in [-0.25, -0.2) is 0 Å². The number of nitrogens with one attached hydrogen (secondary N) is 2. The molecule has 0 saturated carbocycles. The predicted molar refractivity (Wildman–Crippen MR) is 49.9 cm³/mol. The molecule has 11 heavy (non-hydrogen) atoms. The van der Waals surface area contributed by atoms with E-state index in [1.165, 1.54) is 6.42 Å². The Morgan fingerprint density at radius 1 is 1.27 bits per heavy atom. The second kappa shape index (κ2) is 6.58. The second-order valence-corrected chi connectivity index (χ2v) is 3.14. The Morgan fingerprint density at radius 3 is 2.27 bits per heavy atom. The molecule has 0 heterocycles. The lowest BCUT2D eigenvalue weighted by Crippen LogP contribution is -2.37. The third-order valence-corrected chi connectivity index (χ3v) is 1.78. The van der Waals surface area contributed by atoms with Crippen LogP contribution in [-0.4, -0.2) is 52.2 Å². The molecule has 0 aromatic rings. The molecule has 0 aliphatic rings. The highest BCUT2D eigenvalue weighted by atomic mass is 15.1. The van der Waals surface area contributed by atoms with E-state index in [0.29, 0.717) is 6.04 Å². The molecule has 0 spiro atoms. The van der Waals surface area contributed by atoms with Crippen molar-refractivity contribution in [3.8, 4) is 0 Å². The molecule has 0 radical (unpaired) electrons. The van der Waals surface area contributed by atoms with Crippen molar-refractivity contribution in [2.45, 2.75) is 12.5 Å². The second-order valence-electron chi connectivity index (χ2n) is 3.14. The summed E-state index contributed by atoms with van der Waals surface area (Å²) in [5.41, 5.74) is 0. The van der Waals surface area contributed by atoms with Gasteiger partial charge in [-0.15, -0.1) is 0 Å². The van der Waals surface area contributed by atoms with Gasteiger partial charge in [-0.3, -0.25) is 0 Å². The molecule has 0 amide bonds. The van der Waals surface area contributed by atoms with Gasteiger partial charge in [0.1, 0.15) is 0 Å². The summed E-state index contributed by atoms with van der Waals surface area (Å²) in [6, 6.07) is 0.599. The Balaban J connectivity index is 3.35. The molecule has 0 rings (SSSR count). The van der Waals surface area contributed by atoms with Gasteiger partial charge in [-0.05, 0) is 41.2 Å². The van der Waals surface area contributed by atoms with Crippen LogP contribution in [0.2, 0.25) is 0 Å². The highest BCUT2D eigenvalue weighted by Crippen LogP contribution is 1.90. The van der Waals surface area contributed by atoms with Crippen LogP contribution in [0, 0.1) is 0 Å². The first kappa shape index (κ1) is 10.9. The molecule has 3 nitrogen and oxygen atoms in total. The molecule has 0 bridgehead atoms. The minimum Gasteiger partial charge on any atom is -0.318 e. The average molecular weight is 159 g/mol. The topological polar surface area (TPSA) is 27.3 Å². The van der Waals surface area contributed by atoms with Crippen molar-refractivity contribution in [3.63, 3.8) is 0 Å². The van der Waals surface area contributed by atoms with Crippen LogP contribution in [0.15, 0.2) is 0 Å². The van der Waals surface area contributed by atoms with Crippen LogP contribution < -0.4 is 10.6 Å². The van der Waals surface area contributed by atoms with E-state index in [0.717, 1.165) is 13.1 Å². The molecule has 1 unspecified atom stereocenters. The normalized spacial score (nSPS) is 13.9. The molecule has 68 valence electrons. The summed E-state index contributed by atoms with van der Waals surface area (Å²) in [5.74, 6) is 0.